The molecule has 2 heterocycles. The maximum absolute atomic E-state index is 12.7. The molecule has 1 unspecified atom stereocenters. The second-order valence-electron chi connectivity index (χ2n) is 7.02. The molecule has 0 aliphatic heterocycles. The maximum Gasteiger partial charge on any atom is 0.573 e. The zero-order valence-electron chi connectivity index (χ0n) is 18.2. The number of hydrogen-bond acceptors (Lipinski definition) is 7. The molecule has 180 valence electrons. The molecule has 3 aromatic rings. The number of alkyl halides is 3. The van der Waals surface area contributed by atoms with Crippen molar-refractivity contribution in [2.75, 3.05) is 13.6 Å². The molecule has 14 heteroatoms. The third kappa shape index (κ3) is 5.98. The number of aromatic nitrogens is 5. The van der Waals surface area contributed by atoms with Crippen LogP contribution >= 0.6 is 11.6 Å². The molecule has 1 atom stereocenters. The number of carbonyl (C=O) groups is 2. The van der Waals surface area contributed by atoms with Crippen molar-refractivity contribution in [3.63, 3.8) is 0 Å². The summed E-state index contributed by atoms with van der Waals surface area (Å²) in [6.45, 7) is 3.86. The highest BCUT2D eigenvalue weighted by Crippen LogP contribution is 2.27. The smallest absolute Gasteiger partial charge is 0.406 e. The van der Waals surface area contributed by atoms with Gasteiger partial charge in [0.25, 0.3) is 11.8 Å². The van der Waals surface area contributed by atoms with E-state index in [1.54, 1.807) is 20.9 Å². The largest absolute Gasteiger partial charge is 0.573 e. The van der Waals surface area contributed by atoms with Gasteiger partial charge in [-0.05, 0) is 32.0 Å². The molecule has 0 saturated heterocycles. The second-order valence-corrected chi connectivity index (χ2v) is 7.45. The quantitative estimate of drug-likeness (QED) is 0.533. The summed E-state index contributed by atoms with van der Waals surface area (Å²) in [5.41, 5.74) is 0.123. The molecule has 0 spiro atoms. The van der Waals surface area contributed by atoms with Crippen LogP contribution in [0, 0.1) is 0 Å². The van der Waals surface area contributed by atoms with E-state index in [1.807, 2.05) is 0 Å². The van der Waals surface area contributed by atoms with Crippen LogP contribution in [-0.4, -0.2) is 61.4 Å². The van der Waals surface area contributed by atoms with Crippen molar-refractivity contribution < 1.29 is 27.5 Å². The number of benzene rings is 1. The van der Waals surface area contributed by atoms with Gasteiger partial charge in [0.05, 0.1) is 6.04 Å². The minimum Gasteiger partial charge on any atom is -0.406 e. The van der Waals surface area contributed by atoms with Crippen molar-refractivity contribution in [2.24, 2.45) is 0 Å². The zero-order valence-corrected chi connectivity index (χ0v) is 18.9. The summed E-state index contributed by atoms with van der Waals surface area (Å²) in [6, 6.07) is 2.29. The summed E-state index contributed by atoms with van der Waals surface area (Å²) in [5, 5.41) is 6.65. The maximum atomic E-state index is 12.7. The molecule has 2 amide bonds. The van der Waals surface area contributed by atoms with Gasteiger partial charge in [0.1, 0.15) is 17.8 Å². The number of hydrogen-bond donors (Lipinski definition) is 1. The zero-order chi connectivity index (χ0) is 25.0. The lowest BCUT2D eigenvalue weighted by molar-refractivity contribution is -0.274. The van der Waals surface area contributed by atoms with Gasteiger partial charge in [-0.1, -0.05) is 11.6 Å². The Hall–Kier alpha value is -3.74. The Morgan fingerprint density at radius 2 is 1.91 bits per heavy atom. The van der Waals surface area contributed by atoms with Crippen LogP contribution in [0.25, 0.3) is 5.82 Å². The molecular weight excluding hydrogens is 479 g/mol. The van der Waals surface area contributed by atoms with Crippen molar-refractivity contribution in [3.8, 4) is 11.6 Å². The van der Waals surface area contributed by atoms with Crippen LogP contribution in [0.3, 0.4) is 0 Å². The van der Waals surface area contributed by atoms with E-state index in [1.165, 1.54) is 34.4 Å². The molecule has 1 aromatic carbocycles. The van der Waals surface area contributed by atoms with E-state index in [2.05, 4.69) is 30.1 Å². The van der Waals surface area contributed by atoms with Gasteiger partial charge in [0, 0.05) is 36.6 Å². The predicted octanol–water partition coefficient (Wildman–Crippen LogP) is 3.19. The van der Waals surface area contributed by atoms with Gasteiger partial charge in [0.15, 0.2) is 5.82 Å². The van der Waals surface area contributed by atoms with Crippen molar-refractivity contribution in [1.29, 1.82) is 0 Å². The van der Waals surface area contributed by atoms with Gasteiger partial charge < -0.3 is 15.0 Å². The lowest BCUT2D eigenvalue weighted by atomic mass is 10.1. The third-order valence-electron chi connectivity index (χ3n) is 4.55. The minimum absolute atomic E-state index is 0.0474. The van der Waals surface area contributed by atoms with Crippen molar-refractivity contribution in [1.82, 2.24) is 34.9 Å². The van der Waals surface area contributed by atoms with Crippen molar-refractivity contribution in [2.45, 2.75) is 26.3 Å². The molecule has 0 aliphatic carbocycles. The van der Waals surface area contributed by atoms with Gasteiger partial charge in [-0.15, -0.1) is 18.3 Å². The fourth-order valence-electron chi connectivity index (χ4n) is 2.84. The topological polar surface area (TPSA) is 115 Å². The molecule has 1 N–H and O–H groups in total. The van der Waals surface area contributed by atoms with E-state index >= 15 is 0 Å². The van der Waals surface area contributed by atoms with Crippen LogP contribution in [-0.2, 0) is 0 Å². The van der Waals surface area contributed by atoms with E-state index in [9.17, 15) is 22.8 Å². The molecule has 3 rings (SSSR count). The molecule has 34 heavy (non-hydrogen) atoms. The summed E-state index contributed by atoms with van der Waals surface area (Å²) in [4.78, 5) is 38.9. The number of carbonyl (C=O) groups excluding carboxylic acids is 2. The Bertz CT molecular complexity index is 1200. The van der Waals surface area contributed by atoms with E-state index in [4.69, 9.17) is 11.6 Å². The highest BCUT2D eigenvalue weighted by Gasteiger charge is 2.31. The Kier molecular flexibility index (Phi) is 7.35. The van der Waals surface area contributed by atoms with Crippen LogP contribution in [0.1, 0.15) is 46.6 Å². The third-order valence-corrected chi connectivity index (χ3v) is 4.77. The highest BCUT2D eigenvalue weighted by molar-refractivity contribution is 6.31. The monoisotopic (exact) mass is 497 g/mol. The fraction of sp³-hybridized carbons (Fsp3) is 0.300. The lowest BCUT2D eigenvalue weighted by Gasteiger charge is -2.16. The van der Waals surface area contributed by atoms with E-state index in [0.717, 1.165) is 12.1 Å². The molecule has 0 fully saturated rings. The average Bonchev–Trinajstić information content (AvgIpc) is 3.26. The van der Waals surface area contributed by atoms with Crippen LogP contribution in [0.2, 0.25) is 5.02 Å². The lowest BCUT2D eigenvalue weighted by Crippen LogP contribution is -2.29. The first-order valence-electron chi connectivity index (χ1n) is 9.84. The predicted molar refractivity (Wildman–Crippen MR) is 114 cm³/mol. The average molecular weight is 498 g/mol. The summed E-state index contributed by atoms with van der Waals surface area (Å²) in [5.74, 6) is -1.58. The molecular formula is C20H19ClF3N7O3. The van der Waals surface area contributed by atoms with Crippen LogP contribution < -0.4 is 10.1 Å². The normalized spacial score (nSPS) is 12.2. The number of nitrogens with one attached hydrogen (secondary N) is 1. The van der Waals surface area contributed by atoms with Crippen molar-refractivity contribution >= 4 is 23.4 Å². The number of nitrogens with zero attached hydrogens (tertiary/aromatic N) is 6. The molecule has 2 aromatic heterocycles. The number of halogens is 4. The summed E-state index contributed by atoms with van der Waals surface area (Å²) in [6.07, 6.45) is -0.864. The Morgan fingerprint density at radius 1 is 1.21 bits per heavy atom. The van der Waals surface area contributed by atoms with Crippen LogP contribution in [0.15, 0.2) is 36.9 Å². The van der Waals surface area contributed by atoms with Crippen molar-refractivity contribution in [3.05, 3.63) is 59.0 Å². The summed E-state index contributed by atoms with van der Waals surface area (Å²) in [7, 11) is 1.61. The number of rotatable bonds is 7. The molecule has 0 radical (unpaired) electrons. The molecule has 0 aliphatic rings. The number of amides is 2. The van der Waals surface area contributed by atoms with E-state index in [-0.39, 0.29) is 33.8 Å². The molecule has 0 saturated carbocycles. The molecule has 0 bridgehead atoms. The van der Waals surface area contributed by atoms with E-state index < -0.39 is 24.1 Å². The molecule has 10 nitrogen and oxygen atoms in total. The second kappa shape index (κ2) is 10.0. The highest BCUT2D eigenvalue weighted by atomic mass is 35.5. The van der Waals surface area contributed by atoms with Gasteiger partial charge >= 0.3 is 6.36 Å². The Labute approximate surface area is 196 Å². The first kappa shape index (κ1) is 24.9. The Balaban J connectivity index is 1.83. The van der Waals surface area contributed by atoms with Crippen LogP contribution in [0.4, 0.5) is 13.2 Å². The first-order valence-corrected chi connectivity index (χ1v) is 10.2. The van der Waals surface area contributed by atoms with Crippen LogP contribution in [0.5, 0.6) is 5.75 Å². The van der Waals surface area contributed by atoms with Gasteiger partial charge in [-0.3, -0.25) is 14.6 Å². The summed E-state index contributed by atoms with van der Waals surface area (Å²) >= 11 is 5.84. The van der Waals surface area contributed by atoms with Gasteiger partial charge in [-0.25, -0.2) is 9.97 Å². The number of ether oxygens (including phenoxy) is 1. The fourth-order valence-corrected chi connectivity index (χ4v) is 3.06. The van der Waals surface area contributed by atoms with Gasteiger partial charge in [0.2, 0.25) is 5.82 Å². The van der Waals surface area contributed by atoms with Gasteiger partial charge in [-0.2, -0.15) is 4.68 Å². The minimum atomic E-state index is -4.94. The first-order chi connectivity index (χ1) is 16.0. The SMILES string of the molecule is CCN(C)C(=O)c1ncn(-c2nccnc2C(C)NC(=O)c2cc(Cl)cc(OC(F)(F)F)c2)n1. The van der Waals surface area contributed by atoms with E-state index in [0.29, 0.717) is 6.54 Å². The summed E-state index contributed by atoms with van der Waals surface area (Å²) < 4.78 is 42.7. The standard InChI is InChI=1S/C20H19ClF3N7O3/c1-4-30(3)19(33)16-27-10-31(29-16)17-15(25-5-6-26-17)11(2)28-18(32)12-7-13(21)9-14(8-12)34-20(22,23)24/h5-11H,4H2,1-3H3,(H,28,32). The Morgan fingerprint density at radius 3 is 2.59 bits per heavy atom.